The quantitative estimate of drug-likeness (QED) is 0.304. The number of thiazole rings is 1. The van der Waals surface area contributed by atoms with E-state index >= 15 is 0 Å². The van der Waals surface area contributed by atoms with Crippen LogP contribution in [0.15, 0.2) is 99.9 Å². The number of hydrogen-bond acceptors (Lipinski definition) is 7. The third-order valence-electron chi connectivity index (χ3n) is 7.44. The van der Waals surface area contributed by atoms with E-state index < -0.39 is 6.04 Å². The van der Waals surface area contributed by atoms with Gasteiger partial charge in [-0.3, -0.25) is 14.2 Å². The molecule has 0 fully saturated rings. The van der Waals surface area contributed by atoms with Gasteiger partial charge in [0, 0.05) is 16.9 Å². The van der Waals surface area contributed by atoms with Crippen molar-refractivity contribution in [2.75, 3.05) is 12.4 Å². The molecule has 0 spiro atoms. The van der Waals surface area contributed by atoms with Gasteiger partial charge in [-0.2, -0.15) is 5.10 Å². The maximum absolute atomic E-state index is 14.2. The predicted molar refractivity (Wildman–Crippen MR) is 167 cm³/mol. The van der Waals surface area contributed by atoms with Crippen LogP contribution in [0.4, 0.5) is 5.69 Å². The molecule has 1 amide bonds. The molecule has 3 heterocycles. The number of carbonyl (C=O) groups excluding carboxylic acids is 1. The van der Waals surface area contributed by atoms with E-state index in [1.165, 1.54) is 24.5 Å². The Bertz CT molecular complexity index is 2080. The Balaban J connectivity index is 1.52. The number of carbonyl (C=O) groups is 1. The highest BCUT2D eigenvalue weighted by Gasteiger charge is 2.33. The van der Waals surface area contributed by atoms with E-state index in [4.69, 9.17) is 14.8 Å². The molecule has 2 N–H and O–H groups in total. The molecule has 5 aromatic rings. The van der Waals surface area contributed by atoms with E-state index in [9.17, 15) is 14.7 Å². The highest BCUT2D eigenvalue weighted by molar-refractivity contribution is 7.07. The van der Waals surface area contributed by atoms with Gasteiger partial charge in [0.25, 0.3) is 11.5 Å². The van der Waals surface area contributed by atoms with Crippen molar-refractivity contribution in [2.24, 2.45) is 4.99 Å². The van der Waals surface area contributed by atoms with Gasteiger partial charge in [0.15, 0.2) is 16.3 Å². The summed E-state index contributed by atoms with van der Waals surface area (Å²) >= 11 is 1.26. The standard InChI is InChI=1S/C33H29N5O4S/c1-19-25(21(3)38(36-19)24-13-9-6-10-14-24)18-28-32(41)37-30(22-15-16-26(39)27(17-22)42-4)29(20(2)34-33(37)43-28)31(40)35-23-11-7-5-8-12-23/h5-18,30,39H,1-4H3,(H,35,40)/b28-18+/t30-/m0/s1. The number of nitrogens with one attached hydrogen (secondary N) is 1. The number of aryl methyl sites for hydroxylation is 1. The number of phenols is 1. The van der Waals surface area contributed by atoms with E-state index in [-0.39, 0.29) is 23.0 Å². The Labute approximate surface area is 251 Å². The summed E-state index contributed by atoms with van der Waals surface area (Å²) in [6, 6.07) is 22.9. The summed E-state index contributed by atoms with van der Waals surface area (Å²) in [5.41, 5.74) is 5.18. The highest BCUT2D eigenvalue weighted by atomic mass is 32.1. The van der Waals surface area contributed by atoms with Crippen LogP contribution in [0, 0.1) is 13.8 Å². The molecule has 0 unspecified atom stereocenters. The molecule has 216 valence electrons. The number of phenolic OH excluding ortho intramolecular Hbond substituents is 1. The van der Waals surface area contributed by atoms with Crippen LogP contribution < -0.4 is 24.9 Å². The lowest BCUT2D eigenvalue weighted by molar-refractivity contribution is -0.113. The van der Waals surface area contributed by atoms with E-state index in [1.807, 2.05) is 73.1 Å². The van der Waals surface area contributed by atoms with Gasteiger partial charge in [-0.15, -0.1) is 0 Å². The number of amides is 1. The zero-order valence-electron chi connectivity index (χ0n) is 24.0. The summed E-state index contributed by atoms with van der Waals surface area (Å²) in [7, 11) is 1.45. The Kier molecular flexibility index (Phi) is 7.29. The smallest absolute Gasteiger partial charge is 0.271 e. The minimum atomic E-state index is -0.814. The molecular formula is C33H29N5O4S. The van der Waals surface area contributed by atoms with Crippen LogP contribution in [0.5, 0.6) is 11.5 Å². The van der Waals surface area contributed by atoms with Gasteiger partial charge in [-0.25, -0.2) is 9.67 Å². The molecule has 0 aliphatic carbocycles. The van der Waals surface area contributed by atoms with Crippen molar-refractivity contribution < 1.29 is 14.6 Å². The fraction of sp³-hybridized carbons (Fsp3) is 0.152. The van der Waals surface area contributed by atoms with E-state index in [1.54, 1.807) is 35.8 Å². The highest BCUT2D eigenvalue weighted by Crippen LogP contribution is 2.35. The van der Waals surface area contributed by atoms with Crippen molar-refractivity contribution in [3.05, 3.63) is 132 Å². The van der Waals surface area contributed by atoms with Crippen LogP contribution in [-0.2, 0) is 4.79 Å². The maximum Gasteiger partial charge on any atom is 0.271 e. The molecular weight excluding hydrogens is 562 g/mol. The summed E-state index contributed by atoms with van der Waals surface area (Å²) < 4.78 is 9.24. The third kappa shape index (κ3) is 5.06. The zero-order chi connectivity index (χ0) is 30.2. The van der Waals surface area contributed by atoms with Crippen molar-refractivity contribution in [1.29, 1.82) is 0 Å². The summed E-state index contributed by atoms with van der Waals surface area (Å²) in [5, 5.41) is 18.0. The van der Waals surface area contributed by atoms with Gasteiger partial charge in [-0.05, 0) is 68.8 Å². The Morgan fingerprint density at radius 2 is 1.72 bits per heavy atom. The molecule has 0 bridgehead atoms. The van der Waals surface area contributed by atoms with Crippen LogP contribution in [0.25, 0.3) is 11.8 Å². The number of nitrogens with zero attached hydrogens (tertiary/aromatic N) is 4. The number of fused-ring (bicyclic) bond motifs is 1. The number of allylic oxidation sites excluding steroid dienone is 1. The number of benzene rings is 3. The average Bonchev–Trinajstić information content (AvgIpc) is 3.47. The molecule has 6 rings (SSSR count). The van der Waals surface area contributed by atoms with Crippen molar-refractivity contribution in [3.63, 3.8) is 0 Å². The molecule has 0 saturated heterocycles. The number of anilines is 1. The molecule has 3 aromatic carbocycles. The minimum absolute atomic E-state index is 0.0453. The number of aromatic hydroxyl groups is 1. The second-order valence-electron chi connectivity index (χ2n) is 10.2. The molecule has 43 heavy (non-hydrogen) atoms. The topological polar surface area (TPSA) is 111 Å². The number of methoxy groups -OCH3 is 1. The minimum Gasteiger partial charge on any atom is -0.504 e. The van der Waals surface area contributed by atoms with E-state index in [2.05, 4.69) is 5.32 Å². The largest absolute Gasteiger partial charge is 0.504 e. The molecule has 0 saturated carbocycles. The van der Waals surface area contributed by atoms with Crippen LogP contribution >= 0.6 is 11.3 Å². The number of aromatic nitrogens is 3. The van der Waals surface area contributed by atoms with Crippen molar-refractivity contribution >= 4 is 29.0 Å². The summed E-state index contributed by atoms with van der Waals surface area (Å²) in [4.78, 5) is 33.2. The number of para-hydroxylation sites is 2. The first-order valence-corrected chi connectivity index (χ1v) is 14.5. The first-order valence-electron chi connectivity index (χ1n) is 13.6. The van der Waals surface area contributed by atoms with E-state index in [0.717, 1.165) is 22.6 Å². The van der Waals surface area contributed by atoms with Gasteiger partial charge in [0.05, 0.1) is 40.3 Å². The molecule has 1 atom stereocenters. The molecule has 0 radical (unpaired) electrons. The molecule has 1 aliphatic heterocycles. The second kappa shape index (κ2) is 11.2. The lowest BCUT2D eigenvalue weighted by atomic mass is 9.94. The fourth-order valence-electron chi connectivity index (χ4n) is 5.33. The number of rotatable bonds is 6. The molecule has 2 aromatic heterocycles. The second-order valence-corrected chi connectivity index (χ2v) is 11.2. The number of hydrogen-bond donors (Lipinski definition) is 2. The van der Waals surface area contributed by atoms with Gasteiger partial charge in [-0.1, -0.05) is 53.8 Å². The lowest BCUT2D eigenvalue weighted by Crippen LogP contribution is -2.40. The average molecular weight is 592 g/mol. The van der Waals surface area contributed by atoms with Gasteiger partial charge >= 0.3 is 0 Å². The van der Waals surface area contributed by atoms with Crippen LogP contribution in [0.3, 0.4) is 0 Å². The first-order chi connectivity index (χ1) is 20.8. The van der Waals surface area contributed by atoms with Crippen molar-refractivity contribution in [1.82, 2.24) is 14.3 Å². The van der Waals surface area contributed by atoms with Gasteiger partial charge in [0.1, 0.15) is 0 Å². The summed E-state index contributed by atoms with van der Waals surface area (Å²) in [5.74, 6) is -0.192. The Morgan fingerprint density at radius 1 is 1.02 bits per heavy atom. The normalized spacial score (nSPS) is 14.8. The number of ether oxygens (including phenoxy) is 1. The summed E-state index contributed by atoms with van der Waals surface area (Å²) in [6.07, 6.45) is 1.85. The van der Waals surface area contributed by atoms with Gasteiger partial charge in [0.2, 0.25) is 0 Å². The Hall–Kier alpha value is -5.22. The molecule has 1 aliphatic rings. The van der Waals surface area contributed by atoms with Crippen LogP contribution in [0.2, 0.25) is 0 Å². The van der Waals surface area contributed by atoms with E-state index in [0.29, 0.717) is 31.9 Å². The summed E-state index contributed by atoms with van der Waals surface area (Å²) in [6.45, 7) is 5.65. The third-order valence-corrected chi connectivity index (χ3v) is 8.42. The van der Waals surface area contributed by atoms with Crippen molar-refractivity contribution in [2.45, 2.75) is 26.8 Å². The lowest BCUT2D eigenvalue weighted by Gasteiger charge is -2.25. The molecule has 9 nitrogen and oxygen atoms in total. The van der Waals surface area contributed by atoms with Crippen molar-refractivity contribution in [3.8, 4) is 17.2 Å². The monoisotopic (exact) mass is 591 g/mol. The Morgan fingerprint density at radius 3 is 2.42 bits per heavy atom. The fourth-order valence-corrected chi connectivity index (χ4v) is 6.36. The molecule has 10 heteroatoms. The first kappa shape index (κ1) is 27.9. The van der Waals surface area contributed by atoms with Crippen LogP contribution in [-0.4, -0.2) is 32.5 Å². The zero-order valence-corrected chi connectivity index (χ0v) is 24.8. The maximum atomic E-state index is 14.2. The predicted octanol–water partition coefficient (Wildman–Crippen LogP) is 4.39. The SMILES string of the molecule is COc1cc([C@H]2C(C(=O)Nc3ccccc3)=C(C)N=c3s/c(=C/c4c(C)nn(-c5ccccc5)c4C)c(=O)n32)ccc1O. The van der Waals surface area contributed by atoms with Gasteiger partial charge < -0.3 is 15.2 Å². The van der Waals surface area contributed by atoms with Crippen LogP contribution in [0.1, 0.15) is 35.5 Å².